The van der Waals surface area contributed by atoms with Gasteiger partial charge >= 0.3 is 0 Å². The van der Waals surface area contributed by atoms with Crippen LogP contribution in [0.5, 0.6) is 5.75 Å². The van der Waals surface area contributed by atoms with Gasteiger partial charge in [0.1, 0.15) is 0 Å². The lowest BCUT2D eigenvalue weighted by atomic mass is 10.2. The Hall–Kier alpha value is -4.14. The van der Waals surface area contributed by atoms with Crippen molar-refractivity contribution >= 4 is 23.4 Å². The number of para-hydroxylation sites is 1. The van der Waals surface area contributed by atoms with E-state index in [1.165, 1.54) is 24.1 Å². The van der Waals surface area contributed by atoms with Crippen molar-refractivity contribution in [1.82, 2.24) is 14.7 Å². The highest BCUT2D eigenvalue weighted by Gasteiger charge is 2.23. The highest BCUT2D eigenvalue weighted by Crippen LogP contribution is 2.21. The molecule has 32 heavy (non-hydrogen) atoms. The van der Waals surface area contributed by atoms with Crippen LogP contribution in [0.3, 0.4) is 0 Å². The number of ether oxygens (including phenoxy) is 1. The number of nitrogens with two attached hydrogens (primary N) is 1. The van der Waals surface area contributed by atoms with E-state index in [0.717, 1.165) is 5.69 Å². The van der Waals surface area contributed by atoms with Crippen molar-refractivity contribution in [2.75, 3.05) is 25.5 Å². The Kier molecular flexibility index (Phi) is 7.22. The summed E-state index contributed by atoms with van der Waals surface area (Å²) in [5.74, 6) is -0.760. The highest BCUT2D eigenvalue weighted by molar-refractivity contribution is 5.96. The summed E-state index contributed by atoms with van der Waals surface area (Å²) in [5.41, 5.74) is 7.09. The zero-order valence-electron chi connectivity index (χ0n) is 17.9. The Morgan fingerprint density at radius 1 is 1.09 bits per heavy atom. The third-order valence-electron chi connectivity index (χ3n) is 4.85. The molecule has 2 aromatic carbocycles. The SMILES string of the molecule is CCN(CCC(=O)Nc1ccc(C(N)=O)cc1)C(=O)c1nn(-c2ccccc2)cc1OC. The van der Waals surface area contributed by atoms with E-state index in [9.17, 15) is 14.4 Å². The first-order valence-electron chi connectivity index (χ1n) is 10.1. The fourth-order valence-corrected chi connectivity index (χ4v) is 3.10. The second-order valence-electron chi connectivity index (χ2n) is 6.95. The zero-order chi connectivity index (χ0) is 23.1. The summed E-state index contributed by atoms with van der Waals surface area (Å²) in [4.78, 5) is 38.1. The van der Waals surface area contributed by atoms with Crippen molar-refractivity contribution in [2.45, 2.75) is 13.3 Å². The number of nitrogens with one attached hydrogen (secondary N) is 1. The van der Waals surface area contributed by atoms with Crippen LogP contribution in [0.2, 0.25) is 0 Å². The van der Waals surface area contributed by atoms with E-state index >= 15 is 0 Å². The number of anilines is 1. The van der Waals surface area contributed by atoms with Gasteiger partial charge < -0.3 is 20.7 Å². The van der Waals surface area contributed by atoms with Gasteiger partial charge in [0.15, 0.2) is 11.4 Å². The molecule has 0 bridgehead atoms. The molecule has 0 saturated carbocycles. The molecule has 0 fully saturated rings. The molecular formula is C23H25N5O4. The minimum Gasteiger partial charge on any atom is -0.493 e. The highest BCUT2D eigenvalue weighted by atomic mass is 16.5. The van der Waals surface area contributed by atoms with Crippen LogP contribution in [0.4, 0.5) is 5.69 Å². The molecule has 0 spiro atoms. The molecule has 166 valence electrons. The molecule has 3 aromatic rings. The van der Waals surface area contributed by atoms with E-state index in [1.807, 2.05) is 37.3 Å². The average molecular weight is 435 g/mol. The quantitative estimate of drug-likeness (QED) is 0.535. The Labute approximate surface area is 185 Å². The fraction of sp³-hybridized carbons (Fsp3) is 0.217. The summed E-state index contributed by atoms with van der Waals surface area (Å²) in [6, 6.07) is 15.7. The van der Waals surface area contributed by atoms with Gasteiger partial charge in [0.05, 0.1) is 19.0 Å². The predicted molar refractivity (Wildman–Crippen MR) is 120 cm³/mol. The molecule has 0 aliphatic carbocycles. The number of aromatic nitrogens is 2. The summed E-state index contributed by atoms with van der Waals surface area (Å²) >= 11 is 0. The number of nitrogens with zero attached hydrogens (tertiary/aromatic N) is 3. The molecule has 0 aliphatic heterocycles. The van der Waals surface area contributed by atoms with Crippen molar-refractivity contribution in [1.29, 1.82) is 0 Å². The lowest BCUT2D eigenvalue weighted by molar-refractivity contribution is -0.116. The Morgan fingerprint density at radius 3 is 2.38 bits per heavy atom. The fourth-order valence-electron chi connectivity index (χ4n) is 3.10. The predicted octanol–water partition coefficient (Wildman–Crippen LogP) is 2.47. The number of rotatable bonds is 9. The minimum atomic E-state index is -0.537. The topological polar surface area (TPSA) is 120 Å². The first-order valence-corrected chi connectivity index (χ1v) is 10.1. The van der Waals surface area contributed by atoms with Crippen LogP contribution in [0.25, 0.3) is 5.69 Å². The largest absolute Gasteiger partial charge is 0.493 e. The summed E-state index contributed by atoms with van der Waals surface area (Å²) < 4.78 is 6.94. The van der Waals surface area contributed by atoms with Crippen molar-refractivity contribution in [3.63, 3.8) is 0 Å². The molecule has 1 heterocycles. The maximum atomic E-state index is 13.1. The lowest BCUT2D eigenvalue weighted by Gasteiger charge is -2.20. The maximum Gasteiger partial charge on any atom is 0.278 e. The molecule has 0 unspecified atom stereocenters. The van der Waals surface area contributed by atoms with Crippen LogP contribution in [0, 0.1) is 0 Å². The molecule has 0 atom stereocenters. The molecule has 1 aromatic heterocycles. The van der Waals surface area contributed by atoms with E-state index in [-0.39, 0.29) is 30.5 Å². The van der Waals surface area contributed by atoms with Gasteiger partial charge in [-0.15, -0.1) is 0 Å². The Bertz CT molecular complexity index is 1090. The second kappa shape index (κ2) is 10.3. The van der Waals surface area contributed by atoms with Crippen LogP contribution in [-0.4, -0.2) is 52.6 Å². The molecule has 9 nitrogen and oxygen atoms in total. The van der Waals surface area contributed by atoms with Gasteiger partial charge in [-0.25, -0.2) is 4.68 Å². The third-order valence-corrected chi connectivity index (χ3v) is 4.85. The van der Waals surface area contributed by atoms with Crippen molar-refractivity contribution < 1.29 is 19.1 Å². The number of methoxy groups -OCH3 is 1. The molecule has 3 rings (SSSR count). The van der Waals surface area contributed by atoms with Gasteiger partial charge in [0, 0.05) is 30.8 Å². The van der Waals surface area contributed by atoms with Crippen LogP contribution < -0.4 is 15.8 Å². The summed E-state index contributed by atoms with van der Waals surface area (Å²) in [7, 11) is 1.48. The number of carbonyl (C=O) groups excluding carboxylic acids is 3. The van der Waals surface area contributed by atoms with E-state index in [4.69, 9.17) is 10.5 Å². The molecule has 0 aliphatic rings. The van der Waals surface area contributed by atoms with E-state index in [0.29, 0.717) is 23.5 Å². The lowest BCUT2D eigenvalue weighted by Crippen LogP contribution is -2.34. The Morgan fingerprint density at radius 2 is 1.78 bits per heavy atom. The van der Waals surface area contributed by atoms with Gasteiger partial charge in [-0.05, 0) is 43.3 Å². The monoisotopic (exact) mass is 435 g/mol. The second-order valence-corrected chi connectivity index (χ2v) is 6.95. The van der Waals surface area contributed by atoms with Gasteiger partial charge in [-0.3, -0.25) is 14.4 Å². The van der Waals surface area contributed by atoms with E-state index in [2.05, 4.69) is 10.4 Å². The number of hydrogen-bond donors (Lipinski definition) is 2. The molecule has 0 radical (unpaired) electrons. The number of amides is 3. The van der Waals surface area contributed by atoms with Gasteiger partial charge in [-0.1, -0.05) is 18.2 Å². The Balaban J connectivity index is 1.65. The van der Waals surface area contributed by atoms with Gasteiger partial charge in [0.2, 0.25) is 11.8 Å². The number of hydrogen-bond acceptors (Lipinski definition) is 5. The standard InChI is InChI=1S/C23H25N5O4/c1-3-27(14-13-20(29)25-17-11-9-16(10-12-17)22(24)30)23(31)21-19(32-2)15-28(26-21)18-7-5-4-6-8-18/h4-12,15H,3,13-14H2,1-2H3,(H2,24,30)(H,25,29). The smallest absolute Gasteiger partial charge is 0.278 e. The number of carbonyl (C=O) groups is 3. The molecule has 0 saturated heterocycles. The van der Waals surface area contributed by atoms with Crippen LogP contribution in [0.15, 0.2) is 60.8 Å². The summed E-state index contributed by atoms with van der Waals surface area (Å²) in [5, 5.41) is 7.14. The third kappa shape index (κ3) is 5.31. The van der Waals surface area contributed by atoms with Crippen molar-refractivity contribution in [3.05, 3.63) is 72.1 Å². The van der Waals surface area contributed by atoms with Crippen molar-refractivity contribution in [2.24, 2.45) is 5.73 Å². The van der Waals surface area contributed by atoms with E-state index < -0.39 is 5.91 Å². The first-order chi connectivity index (χ1) is 15.4. The van der Waals surface area contributed by atoms with Crippen LogP contribution in [0.1, 0.15) is 34.2 Å². The first kappa shape index (κ1) is 22.5. The van der Waals surface area contributed by atoms with Crippen LogP contribution >= 0.6 is 0 Å². The van der Waals surface area contributed by atoms with Crippen molar-refractivity contribution in [3.8, 4) is 11.4 Å². The summed E-state index contributed by atoms with van der Waals surface area (Å²) in [6.07, 6.45) is 1.75. The van der Waals surface area contributed by atoms with Gasteiger partial charge in [-0.2, -0.15) is 5.10 Å². The number of benzene rings is 2. The van der Waals surface area contributed by atoms with E-state index in [1.54, 1.807) is 23.0 Å². The molecule has 3 N–H and O–H groups in total. The van der Waals surface area contributed by atoms with Crippen LogP contribution in [-0.2, 0) is 4.79 Å². The maximum absolute atomic E-state index is 13.1. The number of primary amides is 1. The molecule has 3 amide bonds. The molecule has 9 heteroatoms. The zero-order valence-corrected chi connectivity index (χ0v) is 17.9. The summed E-state index contributed by atoms with van der Waals surface area (Å²) in [6.45, 7) is 2.45. The minimum absolute atomic E-state index is 0.0961. The molecular weight excluding hydrogens is 410 g/mol. The average Bonchev–Trinajstić information content (AvgIpc) is 3.25. The normalized spacial score (nSPS) is 10.4. The van der Waals surface area contributed by atoms with Gasteiger partial charge in [0.25, 0.3) is 5.91 Å².